The van der Waals surface area contributed by atoms with Crippen LogP contribution >= 0.6 is 0 Å². The monoisotopic (exact) mass is 365 g/mol. The zero-order chi connectivity index (χ0) is 19.4. The fraction of sp³-hybridized carbons (Fsp3) is 0.300. The maximum Gasteiger partial charge on any atom is 0.255 e. The quantitative estimate of drug-likeness (QED) is 0.727. The topological polar surface area (TPSA) is 80.1 Å². The Labute approximate surface area is 158 Å². The molecule has 0 radical (unpaired) electrons. The highest BCUT2D eigenvalue weighted by atomic mass is 16.2. The number of carbonyl (C=O) groups excluding carboxylic acids is 2. The Bertz CT molecular complexity index is 975. The average Bonchev–Trinajstić information content (AvgIpc) is 3.11. The molecule has 27 heavy (non-hydrogen) atoms. The molecule has 3 rings (SSSR count). The minimum atomic E-state index is -0.289. The number of nitrogens with one attached hydrogen (secondary N) is 1. The summed E-state index contributed by atoms with van der Waals surface area (Å²) in [7, 11) is 0. The predicted molar refractivity (Wildman–Crippen MR) is 105 cm³/mol. The first-order chi connectivity index (χ1) is 13.1. The Hall–Kier alpha value is -3.22. The molecule has 0 bridgehead atoms. The SMILES string of the molecule is CCN(CC)C(=O)c1ccccc1NC(=O)c1ccc2c(c1)nnn2CC. The van der Waals surface area contributed by atoms with Gasteiger partial charge in [0, 0.05) is 25.2 Å². The van der Waals surface area contributed by atoms with Crippen LogP contribution in [-0.2, 0) is 6.54 Å². The number of hydrogen-bond acceptors (Lipinski definition) is 4. The van der Waals surface area contributed by atoms with E-state index >= 15 is 0 Å². The van der Waals surface area contributed by atoms with Crippen LogP contribution in [0.2, 0.25) is 0 Å². The van der Waals surface area contributed by atoms with Crippen molar-refractivity contribution in [1.82, 2.24) is 19.9 Å². The van der Waals surface area contributed by atoms with E-state index in [9.17, 15) is 9.59 Å². The molecular formula is C20H23N5O2. The number of anilines is 1. The van der Waals surface area contributed by atoms with Gasteiger partial charge in [0.05, 0.1) is 16.8 Å². The van der Waals surface area contributed by atoms with Gasteiger partial charge in [0.1, 0.15) is 5.52 Å². The van der Waals surface area contributed by atoms with Gasteiger partial charge in [0.15, 0.2) is 0 Å². The number of fused-ring (bicyclic) bond motifs is 1. The Morgan fingerprint density at radius 3 is 2.52 bits per heavy atom. The highest BCUT2D eigenvalue weighted by Gasteiger charge is 2.18. The van der Waals surface area contributed by atoms with E-state index in [0.29, 0.717) is 42.0 Å². The van der Waals surface area contributed by atoms with Crippen LogP contribution in [0.5, 0.6) is 0 Å². The van der Waals surface area contributed by atoms with Crippen LogP contribution in [0, 0.1) is 0 Å². The second kappa shape index (κ2) is 7.99. The van der Waals surface area contributed by atoms with Crippen LogP contribution in [0.25, 0.3) is 11.0 Å². The molecule has 0 aliphatic heterocycles. The van der Waals surface area contributed by atoms with Crippen molar-refractivity contribution in [2.45, 2.75) is 27.3 Å². The number of rotatable bonds is 6. The molecular weight excluding hydrogens is 342 g/mol. The van der Waals surface area contributed by atoms with Crippen LogP contribution < -0.4 is 5.32 Å². The summed E-state index contributed by atoms with van der Waals surface area (Å²) in [5.41, 5.74) is 2.99. The molecule has 0 unspecified atom stereocenters. The number of para-hydroxylation sites is 1. The van der Waals surface area contributed by atoms with Gasteiger partial charge in [-0.1, -0.05) is 17.3 Å². The summed E-state index contributed by atoms with van der Waals surface area (Å²) in [4.78, 5) is 27.2. The lowest BCUT2D eigenvalue weighted by Crippen LogP contribution is -2.31. The normalized spacial score (nSPS) is 10.8. The zero-order valence-electron chi connectivity index (χ0n) is 15.8. The number of carbonyl (C=O) groups is 2. The molecule has 0 fully saturated rings. The smallest absolute Gasteiger partial charge is 0.255 e. The van der Waals surface area contributed by atoms with Crippen LogP contribution in [0.1, 0.15) is 41.5 Å². The summed E-state index contributed by atoms with van der Waals surface area (Å²) in [5.74, 6) is -0.389. The van der Waals surface area contributed by atoms with Crippen LogP contribution in [0.3, 0.4) is 0 Å². The van der Waals surface area contributed by atoms with Gasteiger partial charge in [-0.15, -0.1) is 5.10 Å². The first-order valence-corrected chi connectivity index (χ1v) is 9.11. The van der Waals surface area contributed by atoms with Crippen molar-refractivity contribution in [3.05, 3.63) is 53.6 Å². The maximum atomic E-state index is 12.7. The van der Waals surface area contributed by atoms with Crippen molar-refractivity contribution in [3.8, 4) is 0 Å². The lowest BCUT2D eigenvalue weighted by Gasteiger charge is -2.20. The van der Waals surface area contributed by atoms with Crippen molar-refractivity contribution >= 4 is 28.5 Å². The number of aromatic nitrogens is 3. The van der Waals surface area contributed by atoms with E-state index in [1.807, 2.05) is 26.8 Å². The number of nitrogens with zero attached hydrogens (tertiary/aromatic N) is 4. The summed E-state index contributed by atoms with van der Waals surface area (Å²) < 4.78 is 1.77. The van der Waals surface area contributed by atoms with Crippen molar-refractivity contribution < 1.29 is 9.59 Å². The van der Waals surface area contributed by atoms with Gasteiger partial charge in [-0.05, 0) is 51.1 Å². The highest BCUT2D eigenvalue weighted by Crippen LogP contribution is 2.20. The fourth-order valence-electron chi connectivity index (χ4n) is 3.00. The second-order valence-electron chi connectivity index (χ2n) is 6.09. The van der Waals surface area contributed by atoms with Gasteiger partial charge >= 0.3 is 0 Å². The lowest BCUT2D eigenvalue weighted by molar-refractivity contribution is 0.0774. The first-order valence-electron chi connectivity index (χ1n) is 9.11. The van der Waals surface area contributed by atoms with Crippen LogP contribution in [0.4, 0.5) is 5.69 Å². The molecule has 0 saturated heterocycles. The largest absolute Gasteiger partial charge is 0.339 e. The minimum absolute atomic E-state index is 0.0998. The van der Waals surface area contributed by atoms with Gasteiger partial charge in [-0.2, -0.15) is 0 Å². The highest BCUT2D eigenvalue weighted by molar-refractivity contribution is 6.09. The Kier molecular flexibility index (Phi) is 5.49. The first kappa shape index (κ1) is 18.6. The van der Waals surface area contributed by atoms with Crippen molar-refractivity contribution in [2.24, 2.45) is 0 Å². The molecule has 1 heterocycles. The summed E-state index contributed by atoms with van der Waals surface area (Å²) in [6.07, 6.45) is 0. The molecule has 140 valence electrons. The molecule has 0 spiro atoms. The van der Waals surface area contributed by atoms with Gasteiger partial charge in [0.25, 0.3) is 11.8 Å². The van der Waals surface area contributed by atoms with E-state index in [4.69, 9.17) is 0 Å². The molecule has 0 aliphatic rings. The van der Waals surface area contributed by atoms with Gasteiger partial charge in [0.2, 0.25) is 0 Å². The third-order valence-electron chi connectivity index (χ3n) is 4.53. The molecule has 0 saturated carbocycles. The van der Waals surface area contributed by atoms with Crippen LogP contribution in [0.15, 0.2) is 42.5 Å². The average molecular weight is 365 g/mol. The predicted octanol–water partition coefficient (Wildman–Crippen LogP) is 3.19. The molecule has 0 atom stereocenters. The Balaban J connectivity index is 1.87. The fourth-order valence-corrected chi connectivity index (χ4v) is 3.00. The second-order valence-corrected chi connectivity index (χ2v) is 6.09. The molecule has 1 aromatic heterocycles. The number of amides is 2. The molecule has 7 nitrogen and oxygen atoms in total. The third kappa shape index (κ3) is 3.67. The number of benzene rings is 2. The lowest BCUT2D eigenvalue weighted by atomic mass is 10.1. The van der Waals surface area contributed by atoms with Gasteiger partial charge in [-0.3, -0.25) is 9.59 Å². The Morgan fingerprint density at radius 2 is 1.81 bits per heavy atom. The zero-order valence-corrected chi connectivity index (χ0v) is 15.8. The standard InChI is InChI=1S/C20H23N5O2/c1-4-24(5-2)20(27)15-9-7-8-10-16(15)21-19(26)14-11-12-18-17(13-14)22-23-25(18)6-3/h7-13H,4-6H2,1-3H3,(H,21,26). The van der Waals surface area contributed by atoms with E-state index in [1.54, 1.807) is 46.0 Å². The molecule has 0 aliphatic carbocycles. The van der Waals surface area contributed by atoms with Crippen LogP contribution in [-0.4, -0.2) is 44.8 Å². The van der Waals surface area contributed by atoms with E-state index in [1.165, 1.54) is 0 Å². The van der Waals surface area contributed by atoms with Crippen molar-refractivity contribution in [2.75, 3.05) is 18.4 Å². The van der Waals surface area contributed by atoms with Crippen molar-refractivity contribution in [1.29, 1.82) is 0 Å². The molecule has 2 aromatic carbocycles. The molecule has 3 aromatic rings. The summed E-state index contributed by atoms with van der Waals surface area (Å²) in [5, 5.41) is 11.0. The molecule has 7 heteroatoms. The van der Waals surface area contributed by atoms with Crippen molar-refractivity contribution in [3.63, 3.8) is 0 Å². The van der Waals surface area contributed by atoms with E-state index < -0.39 is 0 Å². The number of aryl methyl sites for hydroxylation is 1. The van der Waals surface area contributed by atoms with Gasteiger partial charge in [-0.25, -0.2) is 4.68 Å². The summed E-state index contributed by atoms with van der Waals surface area (Å²) in [6, 6.07) is 12.3. The maximum absolute atomic E-state index is 12.7. The van der Waals surface area contributed by atoms with E-state index in [0.717, 1.165) is 5.52 Å². The molecule has 2 amide bonds. The third-order valence-corrected chi connectivity index (χ3v) is 4.53. The minimum Gasteiger partial charge on any atom is -0.339 e. The number of hydrogen-bond donors (Lipinski definition) is 1. The Morgan fingerprint density at radius 1 is 1.07 bits per heavy atom. The molecule has 1 N–H and O–H groups in total. The summed E-state index contributed by atoms with van der Waals surface area (Å²) in [6.45, 7) is 7.78. The van der Waals surface area contributed by atoms with Gasteiger partial charge < -0.3 is 10.2 Å². The summed E-state index contributed by atoms with van der Waals surface area (Å²) >= 11 is 0. The van der Waals surface area contributed by atoms with E-state index in [2.05, 4.69) is 15.6 Å². The van der Waals surface area contributed by atoms with E-state index in [-0.39, 0.29) is 11.8 Å².